The number of hydrogen-bond acceptors (Lipinski definition) is 7. The minimum atomic E-state index is 0.389. The van der Waals surface area contributed by atoms with Gasteiger partial charge in [-0.05, 0) is 18.2 Å². The van der Waals surface area contributed by atoms with Gasteiger partial charge in [-0.2, -0.15) is 4.98 Å². The van der Waals surface area contributed by atoms with E-state index in [-0.39, 0.29) is 0 Å². The monoisotopic (exact) mass is 298 g/mol. The van der Waals surface area contributed by atoms with Crippen molar-refractivity contribution in [2.75, 3.05) is 20.3 Å². The third kappa shape index (κ3) is 3.26. The summed E-state index contributed by atoms with van der Waals surface area (Å²) < 4.78 is 15.7. The first-order valence-electron chi connectivity index (χ1n) is 6.70. The van der Waals surface area contributed by atoms with Crippen molar-refractivity contribution in [2.45, 2.75) is 0 Å². The summed E-state index contributed by atoms with van der Waals surface area (Å²) in [6.07, 6.45) is 3.31. The second-order valence-electron chi connectivity index (χ2n) is 4.36. The lowest BCUT2D eigenvalue weighted by Crippen LogP contribution is -2.05. The summed E-state index contributed by atoms with van der Waals surface area (Å²) in [7, 11) is 1.62. The van der Waals surface area contributed by atoms with E-state index in [9.17, 15) is 0 Å². The molecule has 0 radical (unpaired) electrons. The molecule has 7 heteroatoms. The molecule has 22 heavy (non-hydrogen) atoms. The number of ether oxygens (including phenoxy) is 2. The van der Waals surface area contributed by atoms with Crippen LogP contribution >= 0.6 is 0 Å². The molecule has 0 saturated carbocycles. The van der Waals surface area contributed by atoms with Crippen LogP contribution in [0, 0.1) is 0 Å². The molecule has 0 aliphatic rings. The summed E-state index contributed by atoms with van der Waals surface area (Å²) in [5.74, 6) is 1.31. The Kier molecular flexibility index (Phi) is 4.35. The van der Waals surface area contributed by atoms with E-state index in [1.54, 1.807) is 31.6 Å². The van der Waals surface area contributed by atoms with Crippen molar-refractivity contribution in [1.29, 1.82) is 0 Å². The highest BCUT2D eigenvalue weighted by Gasteiger charge is 2.12. The summed E-state index contributed by atoms with van der Waals surface area (Å²) in [4.78, 5) is 12.6. The molecular formula is C15H14N4O3. The van der Waals surface area contributed by atoms with E-state index in [0.717, 1.165) is 5.56 Å². The number of methoxy groups -OCH3 is 1. The highest BCUT2D eigenvalue weighted by atomic mass is 16.5. The Balaban J connectivity index is 1.80. The van der Waals surface area contributed by atoms with E-state index < -0.39 is 0 Å². The maximum Gasteiger partial charge on any atom is 0.258 e. The zero-order valence-corrected chi connectivity index (χ0v) is 12.0. The Morgan fingerprint density at radius 2 is 2.05 bits per heavy atom. The first kappa shape index (κ1) is 14.2. The minimum absolute atomic E-state index is 0.389. The minimum Gasteiger partial charge on any atom is -0.475 e. The van der Waals surface area contributed by atoms with Gasteiger partial charge in [0, 0.05) is 31.1 Å². The van der Waals surface area contributed by atoms with Gasteiger partial charge in [-0.25, -0.2) is 4.98 Å². The summed E-state index contributed by atoms with van der Waals surface area (Å²) in [5, 5.41) is 3.94. The SMILES string of the molecule is COCCOc1cc(-c2nc(-c3ccccn3)no2)ccn1. The van der Waals surface area contributed by atoms with Gasteiger partial charge < -0.3 is 14.0 Å². The van der Waals surface area contributed by atoms with Crippen LogP contribution in [0.25, 0.3) is 23.0 Å². The third-order valence-electron chi connectivity index (χ3n) is 2.84. The first-order chi connectivity index (χ1) is 10.9. The van der Waals surface area contributed by atoms with Crippen molar-refractivity contribution in [3.05, 3.63) is 42.7 Å². The van der Waals surface area contributed by atoms with Crippen LogP contribution in [0.2, 0.25) is 0 Å². The Morgan fingerprint density at radius 1 is 1.09 bits per heavy atom. The molecule has 0 atom stereocenters. The van der Waals surface area contributed by atoms with E-state index in [0.29, 0.717) is 36.5 Å². The summed E-state index contributed by atoms with van der Waals surface area (Å²) in [6, 6.07) is 9.04. The van der Waals surface area contributed by atoms with Crippen LogP contribution in [0.15, 0.2) is 47.2 Å². The van der Waals surface area contributed by atoms with E-state index >= 15 is 0 Å². The Morgan fingerprint density at radius 3 is 2.86 bits per heavy atom. The predicted molar refractivity (Wildman–Crippen MR) is 78.1 cm³/mol. The number of nitrogens with zero attached hydrogens (tertiary/aromatic N) is 4. The van der Waals surface area contributed by atoms with Gasteiger partial charge in [0.1, 0.15) is 12.3 Å². The van der Waals surface area contributed by atoms with E-state index in [1.807, 2.05) is 18.2 Å². The van der Waals surface area contributed by atoms with Crippen molar-refractivity contribution in [3.8, 4) is 28.9 Å². The maximum absolute atomic E-state index is 5.46. The molecule has 0 unspecified atom stereocenters. The zero-order valence-electron chi connectivity index (χ0n) is 12.0. The van der Waals surface area contributed by atoms with Gasteiger partial charge in [-0.15, -0.1) is 0 Å². The van der Waals surface area contributed by atoms with Crippen LogP contribution in [-0.4, -0.2) is 40.4 Å². The molecule has 0 aliphatic heterocycles. The molecule has 0 aromatic carbocycles. The molecule has 0 fully saturated rings. The van der Waals surface area contributed by atoms with Crippen LogP contribution in [0.1, 0.15) is 0 Å². The third-order valence-corrected chi connectivity index (χ3v) is 2.84. The van der Waals surface area contributed by atoms with Gasteiger partial charge in [0.05, 0.1) is 6.61 Å². The van der Waals surface area contributed by atoms with Crippen molar-refractivity contribution >= 4 is 0 Å². The summed E-state index contributed by atoms with van der Waals surface area (Å²) in [6.45, 7) is 0.923. The molecule has 0 saturated heterocycles. The normalized spacial score (nSPS) is 10.6. The van der Waals surface area contributed by atoms with E-state index in [2.05, 4.69) is 20.1 Å². The lowest BCUT2D eigenvalue weighted by Gasteiger charge is -2.04. The average Bonchev–Trinajstić information content (AvgIpc) is 3.06. The van der Waals surface area contributed by atoms with E-state index in [4.69, 9.17) is 14.0 Å². The van der Waals surface area contributed by atoms with Crippen molar-refractivity contribution in [1.82, 2.24) is 20.1 Å². The van der Waals surface area contributed by atoms with Crippen molar-refractivity contribution in [3.63, 3.8) is 0 Å². The molecule has 7 nitrogen and oxygen atoms in total. The molecule has 0 amide bonds. The second kappa shape index (κ2) is 6.77. The molecule has 3 rings (SSSR count). The molecule has 112 valence electrons. The van der Waals surface area contributed by atoms with Crippen LogP contribution in [0.4, 0.5) is 0 Å². The molecule has 0 spiro atoms. The topological polar surface area (TPSA) is 83.2 Å². The van der Waals surface area contributed by atoms with Crippen molar-refractivity contribution < 1.29 is 14.0 Å². The predicted octanol–water partition coefficient (Wildman–Crippen LogP) is 2.22. The lowest BCUT2D eigenvalue weighted by atomic mass is 10.2. The van der Waals surface area contributed by atoms with Gasteiger partial charge in [-0.1, -0.05) is 11.2 Å². The summed E-state index contributed by atoms with van der Waals surface area (Å²) >= 11 is 0. The number of hydrogen-bond donors (Lipinski definition) is 0. The number of pyridine rings is 2. The fourth-order valence-electron chi connectivity index (χ4n) is 1.79. The smallest absolute Gasteiger partial charge is 0.258 e. The fraction of sp³-hybridized carbons (Fsp3) is 0.200. The first-order valence-corrected chi connectivity index (χ1v) is 6.70. The molecule has 3 heterocycles. The number of aromatic nitrogens is 4. The average molecular weight is 298 g/mol. The van der Waals surface area contributed by atoms with Crippen molar-refractivity contribution in [2.24, 2.45) is 0 Å². The van der Waals surface area contributed by atoms with Crippen LogP contribution in [-0.2, 0) is 4.74 Å². The van der Waals surface area contributed by atoms with Gasteiger partial charge in [0.15, 0.2) is 0 Å². The van der Waals surface area contributed by atoms with Gasteiger partial charge in [0.2, 0.25) is 11.7 Å². The number of rotatable bonds is 6. The lowest BCUT2D eigenvalue weighted by molar-refractivity contribution is 0.144. The highest BCUT2D eigenvalue weighted by Crippen LogP contribution is 2.23. The van der Waals surface area contributed by atoms with Crippen LogP contribution < -0.4 is 4.74 Å². The highest BCUT2D eigenvalue weighted by molar-refractivity contribution is 5.57. The molecule has 3 aromatic rings. The summed E-state index contributed by atoms with van der Waals surface area (Å²) in [5.41, 5.74) is 1.39. The molecular weight excluding hydrogens is 284 g/mol. The van der Waals surface area contributed by atoms with Crippen LogP contribution in [0.3, 0.4) is 0 Å². The van der Waals surface area contributed by atoms with Gasteiger partial charge in [0.25, 0.3) is 5.89 Å². The molecule has 0 N–H and O–H groups in total. The second-order valence-corrected chi connectivity index (χ2v) is 4.36. The Labute approximate surface area is 126 Å². The van der Waals surface area contributed by atoms with Gasteiger partial charge >= 0.3 is 0 Å². The maximum atomic E-state index is 5.46. The fourth-order valence-corrected chi connectivity index (χ4v) is 1.79. The molecule has 0 aliphatic carbocycles. The Bertz CT molecular complexity index is 730. The largest absolute Gasteiger partial charge is 0.475 e. The van der Waals surface area contributed by atoms with Gasteiger partial charge in [-0.3, -0.25) is 4.98 Å². The zero-order chi connectivity index (χ0) is 15.2. The standard InChI is InChI=1S/C15H14N4O3/c1-20-8-9-21-13-10-11(5-7-17-13)15-18-14(19-22-15)12-4-2-3-6-16-12/h2-7,10H,8-9H2,1H3. The van der Waals surface area contributed by atoms with E-state index in [1.165, 1.54) is 0 Å². The molecule has 0 bridgehead atoms. The van der Waals surface area contributed by atoms with Crippen LogP contribution in [0.5, 0.6) is 5.88 Å². The Hall–Kier alpha value is -2.80. The molecule has 3 aromatic heterocycles. The quantitative estimate of drug-likeness (QED) is 0.645.